The largest absolute Gasteiger partial charge is 0.324 e. The van der Waals surface area contributed by atoms with E-state index in [2.05, 4.69) is 15.5 Å². The fourth-order valence-corrected chi connectivity index (χ4v) is 3.63. The molecule has 0 atom stereocenters. The van der Waals surface area contributed by atoms with Crippen LogP contribution in [0.3, 0.4) is 0 Å². The lowest BCUT2D eigenvalue weighted by Gasteiger charge is -2.10. The van der Waals surface area contributed by atoms with Gasteiger partial charge in [-0.05, 0) is 38.5 Å². The van der Waals surface area contributed by atoms with Crippen LogP contribution in [0, 0.1) is 20.8 Å². The van der Waals surface area contributed by atoms with Crippen molar-refractivity contribution in [1.29, 1.82) is 0 Å². The van der Waals surface area contributed by atoms with Crippen LogP contribution in [0.5, 0.6) is 0 Å². The number of carbonyl (C=O) groups is 1. The van der Waals surface area contributed by atoms with E-state index in [0.29, 0.717) is 0 Å². The van der Waals surface area contributed by atoms with Crippen LogP contribution in [0.2, 0.25) is 0 Å². The summed E-state index contributed by atoms with van der Waals surface area (Å²) < 4.78 is 5.27. The Labute approximate surface area is 175 Å². The van der Waals surface area contributed by atoms with Crippen LogP contribution in [0.4, 0.5) is 5.69 Å². The SMILES string of the molecule is Cc1ccccc1NC(=O)Cn1nc(-c2cn(C)nc2C)cc1-c1cn(C)nc1C. The third-order valence-corrected chi connectivity index (χ3v) is 5.07. The zero-order valence-corrected chi connectivity index (χ0v) is 17.8. The highest BCUT2D eigenvalue weighted by molar-refractivity contribution is 5.91. The van der Waals surface area contributed by atoms with Crippen LogP contribution in [0.1, 0.15) is 17.0 Å². The van der Waals surface area contributed by atoms with Crippen molar-refractivity contribution < 1.29 is 4.79 Å². The topological polar surface area (TPSA) is 82.6 Å². The molecule has 1 N–H and O–H groups in total. The van der Waals surface area contributed by atoms with Crippen LogP contribution in [-0.4, -0.2) is 35.2 Å². The molecule has 30 heavy (non-hydrogen) atoms. The highest BCUT2D eigenvalue weighted by Gasteiger charge is 2.19. The molecule has 8 nitrogen and oxygen atoms in total. The maximum Gasteiger partial charge on any atom is 0.246 e. The zero-order valence-electron chi connectivity index (χ0n) is 17.8. The monoisotopic (exact) mass is 403 g/mol. The first-order chi connectivity index (χ1) is 14.3. The molecule has 0 unspecified atom stereocenters. The second-order valence-electron chi connectivity index (χ2n) is 7.54. The van der Waals surface area contributed by atoms with Crippen molar-refractivity contribution in [3.8, 4) is 22.5 Å². The van der Waals surface area contributed by atoms with Crippen LogP contribution >= 0.6 is 0 Å². The van der Waals surface area contributed by atoms with Gasteiger partial charge in [-0.2, -0.15) is 15.3 Å². The molecule has 4 rings (SSSR count). The maximum absolute atomic E-state index is 12.8. The van der Waals surface area contributed by atoms with Crippen molar-refractivity contribution >= 4 is 11.6 Å². The average molecular weight is 403 g/mol. The predicted octanol–water partition coefficient (Wildman–Crippen LogP) is 3.25. The standard InChI is InChI=1S/C22H25N7O/c1-14-8-6-7-9-19(14)23-22(30)13-29-21(18-12-28(5)25-16(18)3)10-20(26-29)17-11-27(4)24-15(17)2/h6-12H,13H2,1-5H3,(H,23,30). The number of aromatic nitrogens is 6. The molecule has 0 radical (unpaired) electrons. The Bertz CT molecular complexity index is 1230. The molecule has 3 heterocycles. The lowest BCUT2D eigenvalue weighted by Crippen LogP contribution is -2.20. The number of anilines is 1. The third-order valence-electron chi connectivity index (χ3n) is 5.07. The minimum absolute atomic E-state index is 0.0946. The number of aryl methyl sites for hydroxylation is 5. The molecule has 0 saturated heterocycles. The van der Waals surface area contributed by atoms with Gasteiger partial charge < -0.3 is 5.32 Å². The van der Waals surface area contributed by atoms with Crippen molar-refractivity contribution in [3.05, 3.63) is 59.7 Å². The number of amides is 1. The van der Waals surface area contributed by atoms with E-state index >= 15 is 0 Å². The van der Waals surface area contributed by atoms with Gasteiger partial charge in [-0.25, -0.2) is 0 Å². The third kappa shape index (κ3) is 3.76. The number of para-hydroxylation sites is 1. The predicted molar refractivity (Wildman–Crippen MR) is 116 cm³/mol. The number of benzene rings is 1. The Morgan fingerprint density at radius 2 is 1.57 bits per heavy atom. The fraction of sp³-hybridized carbons (Fsp3) is 0.273. The number of hydrogen-bond acceptors (Lipinski definition) is 4. The molecule has 0 spiro atoms. The summed E-state index contributed by atoms with van der Waals surface area (Å²) in [4.78, 5) is 12.8. The number of nitrogens with zero attached hydrogens (tertiary/aromatic N) is 6. The number of carbonyl (C=O) groups excluding carboxylic acids is 1. The highest BCUT2D eigenvalue weighted by atomic mass is 16.2. The minimum Gasteiger partial charge on any atom is -0.324 e. The Kier molecular flexibility index (Phi) is 4.99. The van der Waals surface area contributed by atoms with Crippen molar-refractivity contribution in [3.63, 3.8) is 0 Å². The van der Waals surface area contributed by atoms with Gasteiger partial charge in [-0.15, -0.1) is 0 Å². The van der Waals surface area contributed by atoms with E-state index in [0.717, 1.165) is 45.2 Å². The summed E-state index contributed by atoms with van der Waals surface area (Å²) in [6.07, 6.45) is 3.89. The van der Waals surface area contributed by atoms with Gasteiger partial charge >= 0.3 is 0 Å². The molecule has 1 aromatic carbocycles. The number of nitrogens with one attached hydrogen (secondary N) is 1. The summed E-state index contributed by atoms with van der Waals surface area (Å²) in [5, 5.41) is 16.6. The van der Waals surface area contributed by atoms with E-state index in [1.807, 2.05) is 77.6 Å². The molecule has 0 bridgehead atoms. The van der Waals surface area contributed by atoms with Crippen LogP contribution < -0.4 is 5.32 Å². The summed E-state index contributed by atoms with van der Waals surface area (Å²) in [7, 11) is 3.77. The van der Waals surface area contributed by atoms with E-state index in [-0.39, 0.29) is 12.5 Å². The molecule has 0 fully saturated rings. The molecule has 1 amide bonds. The Morgan fingerprint density at radius 1 is 0.933 bits per heavy atom. The Morgan fingerprint density at radius 3 is 2.17 bits per heavy atom. The molecular weight excluding hydrogens is 378 g/mol. The number of hydrogen-bond donors (Lipinski definition) is 1. The molecular formula is C22H25N7O. The second-order valence-corrected chi connectivity index (χ2v) is 7.54. The van der Waals surface area contributed by atoms with Gasteiger partial charge in [0.2, 0.25) is 5.91 Å². The summed E-state index contributed by atoms with van der Waals surface area (Å²) >= 11 is 0. The fourth-order valence-electron chi connectivity index (χ4n) is 3.63. The quantitative estimate of drug-likeness (QED) is 0.555. The van der Waals surface area contributed by atoms with Crippen LogP contribution in [0.15, 0.2) is 42.7 Å². The molecule has 0 aliphatic rings. The number of rotatable bonds is 5. The summed E-state index contributed by atoms with van der Waals surface area (Å²) in [6, 6.07) is 9.72. The lowest BCUT2D eigenvalue weighted by atomic mass is 10.1. The van der Waals surface area contributed by atoms with Crippen molar-refractivity contribution in [2.75, 3.05) is 5.32 Å². The van der Waals surface area contributed by atoms with Crippen LogP contribution in [-0.2, 0) is 25.4 Å². The average Bonchev–Trinajstić information content (AvgIpc) is 3.33. The lowest BCUT2D eigenvalue weighted by molar-refractivity contribution is -0.116. The molecule has 0 aliphatic heterocycles. The van der Waals surface area contributed by atoms with Crippen molar-refractivity contribution in [1.82, 2.24) is 29.3 Å². The summed E-state index contributed by atoms with van der Waals surface area (Å²) in [6.45, 7) is 5.97. The van der Waals surface area contributed by atoms with E-state index in [4.69, 9.17) is 5.10 Å². The van der Waals surface area contributed by atoms with Crippen LogP contribution in [0.25, 0.3) is 22.5 Å². The molecule has 154 valence electrons. The first-order valence-electron chi connectivity index (χ1n) is 9.76. The first-order valence-corrected chi connectivity index (χ1v) is 9.76. The van der Waals surface area contributed by atoms with E-state index < -0.39 is 0 Å². The van der Waals surface area contributed by atoms with Gasteiger partial charge in [0.1, 0.15) is 6.54 Å². The van der Waals surface area contributed by atoms with Crippen molar-refractivity contribution in [2.24, 2.45) is 14.1 Å². The minimum atomic E-state index is -0.135. The Hall–Kier alpha value is -3.68. The molecule has 0 aliphatic carbocycles. The summed E-state index contributed by atoms with van der Waals surface area (Å²) in [5.41, 5.74) is 7.10. The molecule has 8 heteroatoms. The van der Waals surface area contributed by atoms with Crippen molar-refractivity contribution in [2.45, 2.75) is 27.3 Å². The molecule has 4 aromatic rings. The van der Waals surface area contributed by atoms with Gasteiger partial charge in [0, 0.05) is 43.3 Å². The zero-order chi connectivity index (χ0) is 21.4. The van der Waals surface area contributed by atoms with Gasteiger partial charge in [0.25, 0.3) is 0 Å². The van der Waals surface area contributed by atoms with E-state index in [1.165, 1.54) is 0 Å². The van der Waals surface area contributed by atoms with E-state index in [1.54, 1.807) is 14.0 Å². The van der Waals surface area contributed by atoms with Gasteiger partial charge in [-0.1, -0.05) is 18.2 Å². The smallest absolute Gasteiger partial charge is 0.246 e. The summed E-state index contributed by atoms with van der Waals surface area (Å²) in [5.74, 6) is -0.135. The normalized spacial score (nSPS) is 11.1. The van der Waals surface area contributed by atoms with Gasteiger partial charge in [0.15, 0.2) is 0 Å². The molecule has 0 saturated carbocycles. The van der Waals surface area contributed by atoms with Gasteiger partial charge in [-0.3, -0.25) is 18.8 Å². The van der Waals surface area contributed by atoms with Gasteiger partial charge in [0.05, 0.1) is 22.8 Å². The maximum atomic E-state index is 12.8. The molecule has 3 aromatic heterocycles. The highest BCUT2D eigenvalue weighted by Crippen LogP contribution is 2.29. The second kappa shape index (κ2) is 7.62. The van der Waals surface area contributed by atoms with E-state index in [9.17, 15) is 4.79 Å². The first kappa shape index (κ1) is 19.6. The Balaban J connectivity index is 1.72.